The maximum absolute atomic E-state index is 12.1. The van der Waals surface area contributed by atoms with E-state index in [-0.39, 0.29) is 5.91 Å². The SMILES string of the molecule is CCC(C)CNC(=O)c1ccc2cc(Br)ccc2c1. The molecule has 0 aromatic heterocycles. The van der Waals surface area contributed by atoms with E-state index in [1.54, 1.807) is 0 Å². The average molecular weight is 320 g/mol. The molecule has 1 atom stereocenters. The predicted octanol–water partition coefficient (Wildman–Crippen LogP) is 4.38. The van der Waals surface area contributed by atoms with Crippen molar-refractivity contribution >= 4 is 32.6 Å². The standard InChI is InChI=1S/C16H18BrNO/c1-3-11(2)10-18-16(19)14-5-4-13-9-15(17)7-6-12(13)8-14/h4-9,11H,3,10H2,1-2H3,(H,18,19). The molecular weight excluding hydrogens is 302 g/mol. The van der Waals surface area contributed by atoms with Crippen molar-refractivity contribution in [1.29, 1.82) is 0 Å². The van der Waals surface area contributed by atoms with Crippen molar-refractivity contribution < 1.29 is 4.79 Å². The minimum absolute atomic E-state index is 0.00474. The van der Waals surface area contributed by atoms with Gasteiger partial charge in [0.1, 0.15) is 0 Å². The second kappa shape index (κ2) is 6.20. The summed E-state index contributed by atoms with van der Waals surface area (Å²) in [5, 5.41) is 5.19. The van der Waals surface area contributed by atoms with Crippen LogP contribution in [0.3, 0.4) is 0 Å². The summed E-state index contributed by atoms with van der Waals surface area (Å²) >= 11 is 3.45. The third kappa shape index (κ3) is 3.57. The van der Waals surface area contributed by atoms with Crippen LogP contribution in [0.2, 0.25) is 0 Å². The number of rotatable bonds is 4. The fourth-order valence-electron chi connectivity index (χ4n) is 1.87. The predicted molar refractivity (Wildman–Crippen MR) is 83.4 cm³/mol. The number of carbonyl (C=O) groups is 1. The molecular formula is C16H18BrNO. The zero-order valence-corrected chi connectivity index (χ0v) is 12.8. The monoisotopic (exact) mass is 319 g/mol. The van der Waals surface area contributed by atoms with Gasteiger partial charge < -0.3 is 5.32 Å². The lowest BCUT2D eigenvalue weighted by Crippen LogP contribution is -2.27. The third-order valence-electron chi connectivity index (χ3n) is 3.37. The first-order chi connectivity index (χ1) is 9.10. The molecule has 2 rings (SSSR count). The van der Waals surface area contributed by atoms with Crippen molar-refractivity contribution in [3.63, 3.8) is 0 Å². The lowest BCUT2D eigenvalue weighted by Gasteiger charge is -2.10. The van der Waals surface area contributed by atoms with Gasteiger partial charge >= 0.3 is 0 Å². The van der Waals surface area contributed by atoms with Gasteiger partial charge in [-0.25, -0.2) is 0 Å². The van der Waals surface area contributed by atoms with E-state index >= 15 is 0 Å². The third-order valence-corrected chi connectivity index (χ3v) is 3.87. The fourth-order valence-corrected chi connectivity index (χ4v) is 2.25. The van der Waals surface area contributed by atoms with Crippen LogP contribution in [0.5, 0.6) is 0 Å². The first-order valence-electron chi connectivity index (χ1n) is 6.57. The van der Waals surface area contributed by atoms with Crippen LogP contribution in [-0.2, 0) is 0 Å². The smallest absolute Gasteiger partial charge is 0.251 e. The Hall–Kier alpha value is -1.35. The van der Waals surface area contributed by atoms with Gasteiger partial charge in [0, 0.05) is 16.6 Å². The minimum atomic E-state index is 0.00474. The van der Waals surface area contributed by atoms with Crippen LogP contribution in [0.25, 0.3) is 10.8 Å². The van der Waals surface area contributed by atoms with E-state index in [0.717, 1.165) is 33.8 Å². The van der Waals surface area contributed by atoms with Gasteiger partial charge in [0.2, 0.25) is 0 Å². The zero-order chi connectivity index (χ0) is 13.8. The summed E-state index contributed by atoms with van der Waals surface area (Å²) in [7, 11) is 0. The molecule has 0 radical (unpaired) electrons. The van der Waals surface area contributed by atoms with Crippen LogP contribution < -0.4 is 5.32 Å². The van der Waals surface area contributed by atoms with Crippen LogP contribution in [-0.4, -0.2) is 12.5 Å². The van der Waals surface area contributed by atoms with Gasteiger partial charge in [-0.2, -0.15) is 0 Å². The topological polar surface area (TPSA) is 29.1 Å². The number of benzene rings is 2. The van der Waals surface area contributed by atoms with Crippen LogP contribution >= 0.6 is 15.9 Å². The number of nitrogens with one attached hydrogen (secondary N) is 1. The molecule has 100 valence electrons. The summed E-state index contributed by atoms with van der Waals surface area (Å²) in [6, 6.07) is 11.9. The van der Waals surface area contributed by atoms with E-state index < -0.39 is 0 Å². The van der Waals surface area contributed by atoms with Crippen molar-refractivity contribution in [3.8, 4) is 0 Å². The molecule has 1 unspecified atom stereocenters. The summed E-state index contributed by atoms with van der Waals surface area (Å²) in [5.74, 6) is 0.519. The number of amides is 1. The van der Waals surface area contributed by atoms with E-state index in [0.29, 0.717) is 5.92 Å². The Morgan fingerprint density at radius 2 is 1.89 bits per heavy atom. The van der Waals surface area contributed by atoms with Gasteiger partial charge in [-0.1, -0.05) is 48.3 Å². The maximum atomic E-state index is 12.1. The normalized spacial score (nSPS) is 12.4. The quantitative estimate of drug-likeness (QED) is 0.890. The van der Waals surface area contributed by atoms with Crippen LogP contribution in [0, 0.1) is 5.92 Å². The molecule has 0 aliphatic carbocycles. The Kier molecular flexibility index (Phi) is 4.59. The lowest BCUT2D eigenvalue weighted by molar-refractivity contribution is 0.0948. The van der Waals surface area contributed by atoms with Crippen LogP contribution in [0.15, 0.2) is 40.9 Å². The highest BCUT2D eigenvalue weighted by atomic mass is 79.9. The van der Waals surface area contributed by atoms with Gasteiger partial charge in [-0.3, -0.25) is 4.79 Å². The molecule has 0 heterocycles. The summed E-state index contributed by atoms with van der Waals surface area (Å²) < 4.78 is 1.05. The highest BCUT2D eigenvalue weighted by Crippen LogP contribution is 2.21. The Balaban J connectivity index is 2.16. The van der Waals surface area contributed by atoms with Crippen molar-refractivity contribution in [2.45, 2.75) is 20.3 Å². The van der Waals surface area contributed by atoms with Crippen LogP contribution in [0.4, 0.5) is 0 Å². The van der Waals surface area contributed by atoms with Gasteiger partial charge in [0.05, 0.1) is 0 Å². The van der Waals surface area contributed by atoms with E-state index in [4.69, 9.17) is 0 Å². The molecule has 0 saturated heterocycles. The van der Waals surface area contributed by atoms with Crippen molar-refractivity contribution in [3.05, 3.63) is 46.4 Å². The van der Waals surface area contributed by atoms with E-state index in [2.05, 4.69) is 41.2 Å². The number of fused-ring (bicyclic) bond motifs is 1. The fraction of sp³-hybridized carbons (Fsp3) is 0.312. The molecule has 3 heteroatoms. The van der Waals surface area contributed by atoms with Gasteiger partial charge in [0.15, 0.2) is 0 Å². The first kappa shape index (κ1) is 14.1. The summed E-state index contributed by atoms with van der Waals surface area (Å²) in [6.07, 6.45) is 1.08. The molecule has 19 heavy (non-hydrogen) atoms. The average Bonchev–Trinajstić information content (AvgIpc) is 2.43. The number of carbonyl (C=O) groups excluding carboxylic acids is 1. The van der Waals surface area contributed by atoms with Crippen molar-refractivity contribution in [1.82, 2.24) is 5.32 Å². The molecule has 0 aliphatic heterocycles. The van der Waals surface area contributed by atoms with E-state index in [9.17, 15) is 4.79 Å². The highest BCUT2D eigenvalue weighted by molar-refractivity contribution is 9.10. The number of hydrogen-bond donors (Lipinski definition) is 1. The van der Waals surface area contributed by atoms with Crippen molar-refractivity contribution in [2.75, 3.05) is 6.54 Å². The van der Waals surface area contributed by atoms with Crippen molar-refractivity contribution in [2.24, 2.45) is 5.92 Å². The number of halogens is 1. The molecule has 2 nitrogen and oxygen atoms in total. The largest absolute Gasteiger partial charge is 0.352 e. The molecule has 0 spiro atoms. The summed E-state index contributed by atoms with van der Waals surface area (Å²) in [4.78, 5) is 12.1. The molecule has 2 aromatic rings. The van der Waals surface area contributed by atoms with E-state index in [1.807, 2.05) is 30.3 Å². The first-order valence-corrected chi connectivity index (χ1v) is 7.37. The lowest BCUT2D eigenvalue weighted by atomic mass is 10.1. The molecule has 0 saturated carbocycles. The minimum Gasteiger partial charge on any atom is -0.352 e. The Morgan fingerprint density at radius 1 is 1.21 bits per heavy atom. The Bertz CT molecular complexity index is 594. The maximum Gasteiger partial charge on any atom is 0.251 e. The van der Waals surface area contributed by atoms with Crippen LogP contribution in [0.1, 0.15) is 30.6 Å². The van der Waals surface area contributed by atoms with E-state index in [1.165, 1.54) is 0 Å². The Morgan fingerprint density at radius 3 is 2.63 bits per heavy atom. The summed E-state index contributed by atoms with van der Waals surface area (Å²) in [6.45, 7) is 5.00. The molecule has 2 aromatic carbocycles. The second-order valence-electron chi connectivity index (χ2n) is 4.93. The molecule has 0 bridgehead atoms. The zero-order valence-electron chi connectivity index (χ0n) is 11.2. The van der Waals surface area contributed by atoms with Gasteiger partial charge in [-0.05, 0) is 41.0 Å². The molecule has 1 N–H and O–H groups in total. The molecule has 0 aliphatic rings. The van der Waals surface area contributed by atoms with Gasteiger partial charge in [0.25, 0.3) is 5.91 Å². The number of hydrogen-bond acceptors (Lipinski definition) is 1. The van der Waals surface area contributed by atoms with Gasteiger partial charge in [-0.15, -0.1) is 0 Å². The summed E-state index contributed by atoms with van der Waals surface area (Å²) in [5.41, 5.74) is 0.720. The second-order valence-corrected chi connectivity index (χ2v) is 5.85. The highest BCUT2D eigenvalue weighted by Gasteiger charge is 2.07. The molecule has 1 amide bonds. The Labute approximate surface area is 122 Å². The molecule has 0 fully saturated rings.